The first-order valence-corrected chi connectivity index (χ1v) is 7.84. The van der Waals surface area contributed by atoms with Gasteiger partial charge in [-0.3, -0.25) is 0 Å². The number of nitrogens with one attached hydrogen (secondary N) is 1. The summed E-state index contributed by atoms with van der Waals surface area (Å²) in [6.07, 6.45) is 6.67. The van der Waals surface area contributed by atoms with Crippen molar-refractivity contribution in [2.45, 2.75) is 38.6 Å². The molecule has 1 N–H and O–H groups in total. The molecule has 19 heavy (non-hydrogen) atoms. The van der Waals surface area contributed by atoms with Crippen LogP contribution in [-0.2, 0) is 19.3 Å². The zero-order valence-electron chi connectivity index (χ0n) is 11.4. The molecule has 100 valence electrons. The smallest absolute Gasteiger partial charge is 0.0940 e. The van der Waals surface area contributed by atoms with Gasteiger partial charge in [0.15, 0.2) is 0 Å². The van der Waals surface area contributed by atoms with Crippen LogP contribution in [0.3, 0.4) is 0 Å². The Kier molecular flexibility index (Phi) is 3.95. The molecule has 1 aliphatic rings. The van der Waals surface area contributed by atoms with Crippen LogP contribution in [0.4, 0.5) is 0 Å². The molecule has 0 spiro atoms. The second-order valence-electron chi connectivity index (χ2n) is 5.28. The summed E-state index contributed by atoms with van der Waals surface area (Å²) in [4.78, 5) is 5.72. The molecule has 1 aromatic carbocycles. The minimum absolute atomic E-state index is 0.635. The predicted molar refractivity (Wildman–Crippen MR) is 80.8 cm³/mol. The fraction of sp³-hybridized carbons (Fsp3) is 0.438. The van der Waals surface area contributed by atoms with Crippen molar-refractivity contribution in [3.63, 3.8) is 0 Å². The fourth-order valence-corrected chi connectivity index (χ4v) is 3.56. The molecular formula is C16H20N2S. The molecule has 0 saturated carbocycles. The number of aryl methyl sites for hydroxylation is 2. The van der Waals surface area contributed by atoms with E-state index in [2.05, 4.69) is 41.5 Å². The molecule has 2 nitrogen and oxygen atoms in total. The predicted octanol–water partition coefficient (Wildman–Crippen LogP) is 3.14. The Labute approximate surface area is 118 Å². The monoisotopic (exact) mass is 272 g/mol. The molecule has 1 heterocycles. The van der Waals surface area contributed by atoms with Crippen LogP contribution in [0.25, 0.3) is 0 Å². The summed E-state index contributed by atoms with van der Waals surface area (Å²) >= 11 is 1.81. The average molecular weight is 272 g/mol. The summed E-state index contributed by atoms with van der Waals surface area (Å²) in [7, 11) is 0. The van der Waals surface area contributed by atoms with E-state index in [0.29, 0.717) is 6.04 Å². The van der Waals surface area contributed by atoms with Crippen molar-refractivity contribution >= 4 is 11.3 Å². The molecule has 0 saturated heterocycles. The molecule has 3 heteroatoms. The molecule has 0 aliphatic heterocycles. The van der Waals surface area contributed by atoms with Gasteiger partial charge in [0, 0.05) is 30.1 Å². The second-order valence-corrected chi connectivity index (χ2v) is 6.60. The van der Waals surface area contributed by atoms with Crippen LogP contribution in [0, 0.1) is 6.92 Å². The number of nitrogens with zero attached hydrogens (tertiary/aromatic N) is 1. The third kappa shape index (κ3) is 3.23. The molecule has 0 amide bonds. The first-order valence-electron chi connectivity index (χ1n) is 7.03. The number of benzene rings is 1. The lowest BCUT2D eigenvalue weighted by Gasteiger charge is -2.25. The number of rotatable bonds is 4. The van der Waals surface area contributed by atoms with E-state index in [4.69, 9.17) is 0 Å². The van der Waals surface area contributed by atoms with Crippen LogP contribution in [-0.4, -0.2) is 17.6 Å². The second kappa shape index (κ2) is 5.85. The van der Waals surface area contributed by atoms with Crippen molar-refractivity contribution in [3.05, 3.63) is 51.5 Å². The van der Waals surface area contributed by atoms with E-state index in [1.54, 1.807) is 0 Å². The van der Waals surface area contributed by atoms with Crippen molar-refractivity contribution in [1.82, 2.24) is 10.3 Å². The number of thiazole rings is 1. The molecule has 2 aromatic rings. The standard InChI is InChI=1S/C16H20N2S/c1-12-11-18-16(19-12)8-9-17-15-7-6-13-4-2-3-5-14(13)10-15/h2-5,11,15,17H,6-10H2,1H3/t15-/m0/s1. The van der Waals surface area contributed by atoms with Gasteiger partial charge in [0.1, 0.15) is 0 Å². The van der Waals surface area contributed by atoms with Crippen LogP contribution in [0.2, 0.25) is 0 Å². The molecule has 1 aromatic heterocycles. The fourth-order valence-electron chi connectivity index (χ4n) is 2.77. The summed E-state index contributed by atoms with van der Waals surface area (Å²) in [5.74, 6) is 0. The van der Waals surface area contributed by atoms with Crippen molar-refractivity contribution in [1.29, 1.82) is 0 Å². The molecule has 0 bridgehead atoms. The Morgan fingerprint density at radius 1 is 1.32 bits per heavy atom. The Morgan fingerprint density at radius 3 is 2.95 bits per heavy atom. The third-order valence-corrected chi connectivity index (χ3v) is 4.76. The van der Waals surface area contributed by atoms with Crippen molar-refractivity contribution in [3.8, 4) is 0 Å². The Balaban J connectivity index is 1.50. The van der Waals surface area contributed by atoms with Crippen LogP contribution >= 0.6 is 11.3 Å². The first-order chi connectivity index (χ1) is 9.31. The van der Waals surface area contributed by atoms with E-state index < -0.39 is 0 Å². The van der Waals surface area contributed by atoms with Gasteiger partial charge < -0.3 is 5.32 Å². The summed E-state index contributed by atoms with van der Waals surface area (Å²) in [6, 6.07) is 9.48. The number of hydrogen-bond acceptors (Lipinski definition) is 3. The van der Waals surface area contributed by atoms with Crippen molar-refractivity contribution in [2.75, 3.05) is 6.54 Å². The third-order valence-electron chi connectivity index (χ3n) is 3.79. The lowest BCUT2D eigenvalue weighted by atomic mass is 9.88. The zero-order chi connectivity index (χ0) is 13.1. The van der Waals surface area contributed by atoms with Crippen LogP contribution in [0.5, 0.6) is 0 Å². The number of aromatic nitrogens is 1. The van der Waals surface area contributed by atoms with Gasteiger partial charge in [-0.1, -0.05) is 24.3 Å². The van der Waals surface area contributed by atoms with E-state index in [0.717, 1.165) is 13.0 Å². The van der Waals surface area contributed by atoms with E-state index in [-0.39, 0.29) is 0 Å². The Hall–Kier alpha value is -1.19. The summed E-state index contributed by atoms with van der Waals surface area (Å²) in [5, 5.41) is 4.94. The topological polar surface area (TPSA) is 24.9 Å². The lowest BCUT2D eigenvalue weighted by molar-refractivity contribution is 0.461. The highest BCUT2D eigenvalue weighted by atomic mass is 32.1. The summed E-state index contributed by atoms with van der Waals surface area (Å²) in [6.45, 7) is 3.16. The maximum absolute atomic E-state index is 4.41. The highest BCUT2D eigenvalue weighted by molar-refractivity contribution is 7.11. The Bertz CT molecular complexity index is 547. The van der Waals surface area contributed by atoms with E-state index >= 15 is 0 Å². The van der Waals surface area contributed by atoms with Crippen LogP contribution < -0.4 is 5.32 Å². The van der Waals surface area contributed by atoms with Gasteiger partial charge in [0.2, 0.25) is 0 Å². The largest absolute Gasteiger partial charge is 0.313 e. The molecule has 1 atom stereocenters. The van der Waals surface area contributed by atoms with Gasteiger partial charge >= 0.3 is 0 Å². The normalized spacial score (nSPS) is 18.3. The number of fused-ring (bicyclic) bond motifs is 1. The van der Waals surface area contributed by atoms with E-state index in [1.807, 2.05) is 17.5 Å². The van der Waals surface area contributed by atoms with Crippen molar-refractivity contribution in [2.24, 2.45) is 0 Å². The molecule has 1 aliphatic carbocycles. The minimum Gasteiger partial charge on any atom is -0.313 e. The van der Waals surface area contributed by atoms with Gasteiger partial charge in [0.05, 0.1) is 5.01 Å². The molecule has 0 radical (unpaired) electrons. The van der Waals surface area contributed by atoms with Crippen molar-refractivity contribution < 1.29 is 0 Å². The molecule has 0 fully saturated rings. The number of hydrogen-bond donors (Lipinski definition) is 1. The van der Waals surface area contributed by atoms with Gasteiger partial charge in [-0.05, 0) is 37.3 Å². The maximum atomic E-state index is 4.41. The zero-order valence-corrected chi connectivity index (χ0v) is 12.2. The van der Waals surface area contributed by atoms with Gasteiger partial charge in [0.25, 0.3) is 0 Å². The lowest BCUT2D eigenvalue weighted by Crippen LogP contribution is -2.35. The minimum atomic E-state index is 0.635. The average Bonchev–Trinajstić information content (AvgIpc) is 2.84. The molecule has 3 rings (SSSR count). The quantitative estimate of drug-likeness (QED) is 0.925. The molecular weight excluding hydrogens is 252 g/mol. The van der Waals surface area contributed by atoms with E-state index in [1.165, 1.54) is 40.3 Å². The van der Waals surface area contributed by atoms with Gasteiger partial charge in [-0.15, -0.1) is 11.3 Å². The van der Waals surface area contributed by atoms with Gasteiger partial charge in [-0.25, -0.2) is 4.98 Å². The van der Waals surface area contributed by atoms with Crippen LogP contribution in [0.1, 0.15) is 27.4 Å². The SMILES string of the molecule is Cc1cnc(CCN[C@H]2CCc3ccccc3C2)s1. The summed E-state index contributed by atoms with van der Waals surface area (Å²) < 4.78 is 0. The summed E-state index contributed by atoms with van der Waals surface area (Å²) in [5.41, 5.74) is 3.06. The highest BCUT2D eigenvalue weighted by Crippen LogP contribution is 2.21. The van der Waals surface area contributed by atoms with E-state index in [9.17, 15) is 0 Å². The Morgan fingerprint density at radius 2 is 2.16 bits per heavy atom. The molecule has 0 unspecified atom stereocenters. The highest BCUT2D eigenvalue weighted by Gasteiger charge is 2.17. The van der Waals surface area contributed by atoms with Gasteiger partial charge in [-0.2, -0.15) is 0 Å². The first kappa shape index (κ1) is 12.8. The maximum Gasteiger partial charge on any atom is 0.0940 e. The van der Waals surface area contributed by atoms with Crippen LogP contribution in [0.15, 0.2) is 30.5 Å².